The first kappa shape index (κ1) is 12.0. The number of fused-ring (bicyclic) bond motifs is 1. The lowest BCUT2D eigenvalue weighted by molar-refractivity contribution is 0.174. The summed E-state index contributed by atoms with van der Waals surface area (Å²) < 4.78 is 12.7. The smallest absolute Gasteiger partial charge is 0.231 e. The van der Waals surface area contributed by atoms with Crippen molar-refractivity contribution in [2.45, 2.75) is 19.5 Å². The summed E-state index contributed by atoms with van der Waals surface area (Å²) in [4.78, 5) is 0. The van der Waals surface area contributed by atoms with Gasteiger partial charge in [-0.15, -0.1) is 0 Å². The molecule has 0 spiro atoms. The molecule has 5 heteroatoms. The highest BCUT2D eigenvalue weighted by Gasteiger charge is 2.17. The molecule has 0 fully saturated rings. The predicted octanol–water partition coefficient (Wildman–Crippen LogP) is 1.88. The second-order valence-electron chi connectivity index (χ2n) is 4.61. The highest BCUT2D eigenvalue weighted by atomic mass is 16.7. The number of hydrogen-bond donors (Lipinski definition) is 1. The zero-order valence-corrected chi connectivity index (χ0v) is 11.1. The van der Waals surface area contributed by atoms with Crippen LogP contribution in [0.25, 0.3) is 0 Å². The molecule has 0 saturated carbocycles. The summed E-state index contributed by atoms with van der Waals surface area (Å²) in [5, 5.41) is 7.64. The molecular weight excluding hydrogens is 242 g/mol. The molecule has 0 aliphatic carbocycles. The quantitative estimate of drug-likeness (QED) is 0.910. The SMILES string of the molecule is CNC(Cn1nccc1C)c1ccc2c(c1)OCO2. The number of benzene rings is 1. The summed E-state index contributed by atoms with van der Waals surface area (Å²) in [6.45, 7) is 3.15. The van der Waals surface area contributed by atoms with Crippen molar-refractivity contribution in [3.8, 4) is 11.5 Å². The molecule has 0 radical (unpaired) electrons. The molecule has 1 aliphatic heterocycles. The Morgan fingerprint density at radius 1 is 1.32 bits per heavy atom. The van der Waals surface area contributed by atoms with Gasteiger partial charge < -0.3 is 14.8 Å². The molecule has 5 nitrogen and oxygen atoms in total. The van der Waals surface area contributed by atoms with Gasteiger partial charge in [0.1, 0.15) is 0 Å². The number of hydrogen-bond acceptors (Lipinski definition) is 4. The molecule has 1 aliphatic rings. The molecule has 2 aromatic rings. The van der Waals surface area contributed by atoms with Crippen molar-refractivity contribution >= 4 is 0 Å². The zero-order valence-electron chi connectivity index (χ0n) is 11.1. The minimum Gasteiger partial charge on any atom is -0.454 e. The van der Waals surface area contributed by atoms with E-state index in [9.17, 15) is 0 Å². The Morgan fingerprint density at radius 3 is 2.89 bits per heavy atom. The van der Waals surface area contributed by atoms with Crippen LogP contribution in [0.5, 0.6) is 11.5 Å². The van der Waals surface area contributed by atoms with Crippen LogP contribution in [0.3, 0.4) is 0 Å². The molecule has 19 heavy (non-hydrogen) atoms. The van der Waals surface area contributed by atoms with Crippen molar-refractivity contribution in [2.75, 3.05) is 13.8 Å². The van der Waals surface area contributed by atoms with Gasteiger partial charge in [0.2, 0.25) is 6.79 Å². The van der Waals surface area contributed by atoms with Crippen molar-refractivity contribution in [1.82, 2.24) is 15.1 Å². The first-order valence-electron chi connectivity index (χ1n) is 6.33. The molecule has 0 bridgehead atoms. The second kappa shape index (κ2) is 4.93. The zero-order chi connectivity index (χ0) is 13.2. The van der Waals surface area contributed by atoms with Crippen LogP contribution < -0.4 is 14.8 Å². The molecule has 2 heterocycles. The fraction of sp³-hybridized carbons (Fsp3) is 0.357. The van der Waals surface area contributed by atoms with Crippen molar-refractivity contribution in [2.24, 2.45) is 0 Å². The first-order valence-corrected chi connectivity index (χ1v) is 6.33. The minimum absolute atomic E-state index is 0.188. The molecule has 1 aromatic carbocycles. The van der Waals surface area contributed by atoms with E-state index in [4.69, 9.17) is 9.47 Å². The van der Waals surface area contributed by atoms with Crippen LogP contribution in [0, 0.1) is 6.92 Å². The summed E-state index contributed by atoms with van der Waals surface area (Å²) in [5.41, 5.74) is 2.32. The Hall–Kier alpha value is -2.01. The molecular formula is C14H17N3O2. The molecule has 1 unspecified atom stereocenters. The van der Waals surface area contributed by atoms with Gasteiger partial charge in [0.15, 0.2) is 11.5 Å². The standard InChI is InChI=1S/C14H17N3O2/c1-10-5-6-16-17(10)8-12(15-2)11-3-4-13-14(7-11)19-9-18-13/h3-7,12,15H,8-9H2,1-2H3. The van der Waals surface area contributed by atoms with Crippen LogP contribution in [0.15, 0.2) is 30.5 Å². The lowest BCUT2D eigenvalue weighted by Crippen LogP contribution is -2.23. The highest BCUT2D eigenvalue weighted by molar-refractivity contribution is 5.45. The average Bonchev–Trinajstić information content (AvgIpc) is 3.04. The number of aromatic nitrogens is 2. The van der Waals surface area contributed by atoms with Gasteiger partial charge in [-0.3, -0.25) is 4.68 Å². The van der Waals surface area contributed by atoms with Gasteiger partial charge in [-0.2, -0.15) is 5.10 Å². The first-order chi connectivity index (χ1) is 9.28. The van der Waals surface area contributed by atoms with Crippen molar-refractivity contribution in [3.63, 3.8) is 0 Å². The topological polar surface area (TPSA) is 48.3 Å². The number of ether oxygens (including phenoxy) is 2. The summed E-state index contributed by atoms with van der Waals surface area (Å²) >= 11 is 0. The van der Waals surface area contributed by atoms with E-state index in [1.165, 1.54) is 5.56 Å². The predicted molar refractivity (Wildman–Crippen MR) is 71.3 cm³/mol. The maximum atomic E-state index is 5.42. The Balaban J connectivity index is 1.84. The van der Waals surface area contributed by atoms with Gasteiger partial charge in [0.25, 0.3) is 0 Å². The van der Waals surface area contributed by atoms with E-state index in [2.05, 4.69) is 23.4 Å². The summed E-state index contributed by atoms with van der Waals surface area (Å²) in [6, 6.07) is 8.24. The normalized spacial score (nSPS) is 14.6. The molecule has 0 amide bonds. The number of aryl methyl sites for hydroxylation is 1. The Labute approximate surface area is 112 Å². The number of likely N-dealkylation sites (N-methyl/N-ethyl adjacent to an activating group) is 1. The van der Waals surface area contributed by atoms with E-state index in [0.717, 1.165) is 23.7 Å². The van der Waals surface area contributed by atoms with Crippen LogP contribution in [-0.2, 0) is 6.54 Å². The average molecular weight is 259 g/mol. The van der Waals surface area contributed by atoms with Crippen LogP contribution in [0.4, 0.5) is 0 Å². The largest absolute Gasteiger partial charge is 0.454 e. The third-order valence-corrected chi connectivity index (χ3v) is 3.43. The van der Waals surface area contributed by atoms with Crippen molar-refractivity contribution in [3.05, 3.63) is 41.7 Å². The summed E-state index contributed by atoms with van der Waals surface area (Å²) in [5.74, 6) is 1.63. The van der Waals surface area contributed by atoms with E-state index in [-0.39, 0.29) is 6.04 Å². The second-order valence-corrected chi connectivity index (χ2v) is 4.61. The van der Waals surface area contributed by atoms with E-state index in [1.807, 2.05) is 36.1 Å². The van der Waals surface area contributed by atoms with Gasteiger partial charge in [0, 0.05) is 11.9 Å². The van der Waals surface area contributed by atoms with E-state index >= 15 is 0 Å². The molecule has 0 saturated heterocycles. The lowest BCUT2D eigenvalue weighted by Gasteiger charge is -2.18. The maximum absolute atomic E-state index is 5.42. The molecule has 1 N–H and O–H groups in total. The summed E-state index contributed by atoms with van der Waals surface area (Å²) in [7, 11) is 1.95. The Morgan fingerprint density at radius 2 is 2.16 bits per heavy atom. The van der Waals surface area contributed by atoms with Crippen LogP contribution in [0.1, 0.15) is 17.3 Å². The fourth-order valence-electron chi connectivity index (χ4n) is 2.26. The third-order valence-electron chi connectivity index (χ3n) is 3.43. The van der Waals surface area contributed by atoms with Gasteiger partial charge in [-0.05, 0) is 37.7 Å². The van der Waals surface area contributed by atoms with Gasteiger partial charge in [-0.1, -0.05) is 6.07 Å². The van der Waals surface area contributed by atoms with Gasteiger partial charge >= 0.3 is 0 Å². The Bertz CT molecular complexity index is 580. The van der Waals surface area contributed by atoms with E-state index < -0.39 is 0 Å². The van der Waals surface area contributed by atoms with Crippen LogP contribution in [0.2, 0.25) is 0 Å². The van der Waals surface area contributed by atoms with Crippen LogP contribution in [-0.4, -0.2) is 23.6 Å². The molecule has 1 atom stereocenters. The van der Waals surface area contributed by atoms with Crippen molar-refractivity contribution in [1.29, 1.82) is 0 Å². The highest BCUT2D eigenvalue weighted by Crippen LogP contribution is 2.34. The molecule has 100 valence electrons. The lowest BCUT2D eigenvalue weighted by atomic mass is 10.1. The minimum atomic E-state index is 0.188. The maximum Gasteiger partial charge on any atom is 0.231 e. The fourth-order valence-corrected chi connectivity index (χ4v) is 2.26. The molecule has 1 aromatic heterocycles. The summed E-state index contributed by atoms with van der Waals surface area (Å²) in [6.07, 6.45) is 1.82. The number of nitrogens with zero attached hydrogens (tertiary/aromatic N) is 2. The number of rotatable bonds is 4. The Kier molecular flexibility index (Phi) is 3.13. The third kappa shape index (κ3) is 2.29. The van der Waals surface area contributed by atoms with Crippen molar-refractivity contribution < 1.29 is 9.47 Å². The monoisotopic (exact) mass is 259 g/mol. The molecule has 3 rings (SSSR count). The van der Waals surface area contributed by atoms with E-state index in [0.29, 0.717) is 6.79 Å². The van der Waals surface area contributed by atoms with Gasteiger partial charge in [-0.25, -0.2) is 0 Å². The van der Waals surface area contributed by atoms with Crippen LogP contribution >= 0.6 is 0 Å². The van der Waals surface area contributed by atoms with E-state index in [1.54, 1.807) is 0 Å². The van der Waals surface area contributed by atoms with Gasteiger partial charge in [0.05, 0.1) is 12.6 Å². The number of nitrogens with one attached hydrogen (secondary N) is 1.